The number of hydrogen-bond donors (Lipinski definition) is 4. The lowest BCUT2D eigenvalue weighted by Gasteiger charge is -2.14. The second-order valence-electron chi connectivity index (χ2n) is 2.30. The highest BCUT2D eigenvalue weighted by atomic mass is 32.1. The topological polar surface area (TPSA) is 86.6 Å². The van der Waals surface area contributed by atoms with Crippen molar-refractivity contribution in [2.24, 2.45) is 0 Å². The van der Waals surface area contributed by atoms with Gasteiger partial charge in [-0.2, -0.15) is 12.6 Å². The van der Waals surface area contributed by atoms with Gasteiger partial charge in [-0.15, -0.1) is 0 Å². The Bertz CT molecular complexity index is 184. The van der Waals surface area contributed by atoms with Crippen molar-refractivity contribution in [3.05, 3.63) is 0 Å². The molecule has 0 aliphatic carbocycles. The van der Waals surface area contributed by atoms with Gasteiger partial charge in [0, 0.05) is 5.75 Å². The van der Waals surface area contributed by atoms with E-state index in [-0.39, 0.29) is 5.75 Å². The van der Waals surface area contributed by atoms with Gasteiger partial charge in [-0.1, -0.05) is 0 Å². The molecule has 1 unspecified atom stereocenters. The van der Waals surface area contributed by atoms with E-state index >= 15 is 0 Å². The highest BCUT2D eigenvalue weighted by Crippen LogP contribution is 1.91. The van der Waals surface area contributed by atoms with Gasteiger partial charge in [0.15, 0.2) is 0 Å². The Balaban J connectivity index is 4.02. The summed E-state index contributed by atoms with van der Waals surface area (Å²) in [6, 6.07) is -1.79. The summed E-state index contributed by atoms with van der Waals surface area (Å²) in [4.78, 5) is 20.7. The Morgan fingerprint density at radius 1 is 1.42 bits per heavy atom. The van der Waals surface area contributed by atoms with Gasteiger partial charge in [0.2, 0.25) is 0 Å². The third-order valence-corrected chi connectivity index (χ3v) is 1.67. The fraction of sp³-hybridized carbons (Fsp3) is 0.667. The van der Waals surface area contributed by atoms with Crippen molar-refractivity contribution in [1.82, 2.24) is 5.32 Å². The van der Waals surface area contributed by atoms with Crippen LogP contribution in [-0.4, -0.2) is 40.0 Å². The predicted octanol–water partition coefficient (Wildman–Crippen LogP) is -0.568. The standard InChI is InChI=1S/C6H11NO4S/c1-3(5(8)9)7-4(2-12)6(10)11/h3-4,7,12H,2H2,1H3,(H,8,9)(H,10,11)/t3?,4-/m0/s1. The molecule has 5 nitrogen and oxygen atoms in total. The highest BCUT2D eigenvalue weighted by Gasteiger charge is 2.20. The number of thiol groups is 1. The summed E-state index contributed by atoms with van der Waals surface area (Å²) in [7, 11) is 0. The minimum atomic E-state index is -1.10. The number of hydrogen-bond acceptors (Lipinski definition) is 4. The molecule has 12 heavy (non-hydrogen) atoms. The maximum absolute atomic E-state index is 10.4. The van der Waals surface area contributed by atoms with Crippen molar-refractivity contribution < 1.29 is 19.8 Å². The van der Waals surface area contributed by atoms with Crippen LogP contribution in [0.1, 0.15) is 6.92 Å². The van der Waals surface area contributed by atoms with Gasteiger partial charge in [-0.05, 0) is 6.92 Å². The van der Waals surface area contributed by atoms with Crippen molar-refractivity contribution in [3.63, 3.8) is 0 Å². The molecule has 0 aliphatic rings. The summed E-state index contributed by atoms with van der Waals surface area (Å²) in [6.45, 7) is 1.38. The Labute approximate surface area is 75.2 Å². The van der Waals surface area contributed by atoms with Crippen molar-refractivity contribution in [3.8, 4) is 0 Å². The van der Waals surface area contributed by atoms with E-state index in [1.54, 1.807) is 0 Å². The molecular weight excluding hydrogens is 182 g/mol. The van der Waals surface area contributed by atoms with E-state index in [4.69, 9.17) is 10.2 Å². The second-order valence-corrected chi connectivity index (χ2v) is 2.67. The van der Waals surface area contributed by atoms with Crippen LogP contribution in [0.3, 0.4) is 0 Å². The van der Waals surface area contributed by atoms with E-state index in [0.29, 0.717) is 0 Å². The van der Waals surface area contributed by atoms with Crippen molar-refractivity contribution in [1.29, 1.82) is 0 Å². The van der Waals surface area contributed by atoms with E-state index in [0.717, 1.165) is 0 Å². The smallest absolute Gasteiger partial charge is 0.321 e. The molecule has 70 valence electrons. The van der Waals surface area contributed by atoms with Crippen LogP contribution in [0.2, 0.25) is 0 Å². The Kier molecular flexibility index (Phi) is 4.68. The molecule has 0 heterocycles. The number of aliphatic carboxylic acids is 2. The summed E-state index contributed by atoms with van der Waals surface area (Å²) < 4.78 is 0. The fourth-order valence-corrected chi connectivity index (χ4v) is 0.837. The third-order valence-electron chi connectivity index (χ3n) is 1.30. The van der Waals surface area contributed by atoms with Gasteiger partial charge in [0.05, 0.1) is 0 Å². The molecule has 6 heteroatoms. The Morgan fingerprint density at radius 3 is 2.17 bits per heavy atom. The van der Waals surface area contributed by atoms with E-state index in [1.807, 2.05) is 0 Å². The molecule has 0 radical (unpaired) electrons. The Hall–Kier alpha value is -0.750. The molecule has 0 aromatic heterocycles. The average Bonchev–Trinajstić information content (AvgIpc) is 1.98. The predicted molar refractivity (Wildman–Crippen MR) is 45.5 cm³/mol. The van der Waals surface area contributed by atoms with Crippen LogP contribution < -0.4 is 5.32 Å². The van der Waals surface area contributed by atoms with Crippen LogP contribution in [0.25, 0.3) is 0 Å². The minimum Gasteiger partial charge on any atom is -0.480 e. The SMILES string of the molecule is CC(N[C@@H](CS)C(=O)O)C(=O)O. The lowest BCUT2D eigenvalue weighted by Crippen LogP contribution is -2.46. The first-order valence-electron chi connectivity index (χ1n) is 3.31. The third kappa shape index (κ3) is 3.59. The lowest BCUT2D eigenvalue weighted by atomic mass is 10.2. The van der Waals surface area contributed by atoms with Crippen molar-refractivity contribution in [2.75, 3.05) is 5.75 Å². The number of rotatable bonds is 5. The quantitative estimate of drug-likeness (QED) is 0.439. The first-order valence-corrected chi connectivity index (χ1v) is 3.94. The molecule has 0 amide bonds. The average molecular weight is 193 g/mol. The monoisotopic (exact) mass is 193 g/mol. The molecule has 2 atom stereocenters. The Morgan fingerprint density at radius 2 is 1.92 bits per heavy atom. The van der Waals surface area contributed by atoms with E-state index in [9.17, 15) is 9.59 Å². The van der Waals surface area contributed by atoms with Crippen LogP contribution >= 0.6 is 12.6 Å². The first-order chi connectivity index (χ1) is 5.49. The van der Waals surface area contributed by atoms with Gasteiger partial charge in [-0.3, -0.25) is 14.9 Å². The molecule has 0 aromatic rings. The van der Waals surface area contributed by atoms with Gasteiger partial charge < -0.3 is 10.2 Å². The summed E-state index contributed by atoms with van der Waals surface area (Å²) >= 11 is 3.76. The molecule has 0 aromatic carbocycles. The molecule has 0 rings (SSSR count). The molecular formula is C6H11NO4S. The molecule has 3 N–H and O–H groups in total. The molecule has 0 spiro atoms. The lowest BCUT2D eigenvalue weighted by molar-refractivity contribution is -0.141. The molecule has 0 fully saturated rings. The maximum Gasteiger partial charge on any atom is 0.321 e. The second kappa shape index (κ2) is 5.00. The van der Waals surface area contributed by atoms with Gasteiger partial charge in [0.1, 0.15) is 12.1 Å². The van der Waals surface area contributed by atoms with Gasteiger partial charge in [-0.25, -0.2) is 0 Å². The zero-order valence-corrected chi connectivity index (χ0v) is 7.41. The van der Waals surface area contributed by atoms with Crippen LogP contribution in [-0.2, 0) is 9.59 Å². The maximum atomic E-state index is 10.4. The normalized spacial score (nSPS) is 15.2. The molecule has 0 saturated heterocycles. The van der Waals surface area contributed by atoms with Crippen LogP contribution in [0.5, 0.6) is 0 Å². The van der Waals surface area contributed by atoms with Crippen LogP contribution in [0.4, 0.5) is 0 Å². The van der Waals surface area contributed by atoms with Crippen molar-refractivity contribution >= 4 is 24.6 Å². The van der Waals surface area contributed by atoms with Crippen LogP contribution in [0, 0.1) is 0 Å². The first kappa shape index (κ1) is 11.2. The van der Waals surface area contributed by atoms with Gasteiger partial charge >= 0.3 is 11.9 Å². The van der Waals surface area contributed by atoms with Gasteiger partial charge in [0.25, 0.3) is 0 Å². The molecule has 0 bridgehead atoms. The summed E-state index contributed by atoms with van der Waals surface area (Å²) in [5.41, 5.74) is 0. The fourth-order valence-electron chi connectivity index (χ4n) is 0.575. The number of nitrogens with one attached hydrogen (secondary N) is 1. The molecule has 0 aliphatic heterocycles. The minimum absolute atomic E-state index is 0.0625. The number of carboxylic acid groups (broad SMARTS) is 2. The summed E-state index contributed by atoms with van der Waals surface area (Å²) in [5.74, 6) is -2.12. The highest BCUT2D eigenvalue weighted by molar-refractivity contribution is 7.80. The van der Waals surface area contributed by atoms with E-state index in [1.165, 1.54) is 6.92 Å². The van der Waals surface area contributed by atoms with Crippen molar-refractivity contribution in [2.45, 2.75) is 19.0 Å². The largest absolute Gasteiger partial charge is 0.480 e. The number of carboxylic acids is 2. The summed E-state index contributed by atoms with van der Waals surface area (Å²) in [6.07, 6.45) is 0. The molecule has 0 saturated carbocycles. The van der Waals surface area contributed by atoms with E-state index < -0.39 is 24.0 Å². The zero-order chi connectivity index (χ0) is 9.72. The van der Waals surface area contributed by atoms with E-state index in [2.05, 4.69) is 17.9 Å². The number of carbonyl (C=O) groups is 2. The summed E-state index contributed by atoms with van der Waals surface area (Å²) in [5, 5.41) is 19.3. The zero-order valence-electron chi connectivity index (χ0n) is 6.52. The van der Waals surface area contributed by atoms with Crippen LogP contribution in [0.15, 0.2) is 0 Å².